The van der Waals surface area contributed by atoms with E-state index >= 15 is 0 Å². The van der Waals surface area contributed by atoms with E-state index in [1.165, 1.54) is 50.3 Å². The van der Waals surface area contributed by atoms with Gasteiger partial charge >= 0.3 is 8.56 Å². The van der Waals surface area contributed by atoms with Crippen LogP contribution in [0.4, 0.5) is 0 Å². The monoisotopic (exact) mass is 432 g/mol. The third-order valence-corrected chi connectivity index (χ3v) is 9.37. The van der Waals surface area contributed by atoms with Gasteiger partial charge in [0.15, 0.2) is 0 Å². The molecule has 1 atom stereocenters. The van der Waals surface area contributed by atoms with Gasteiger partial charge in [-0.15, -0.1) is 0 Å². The topological polar surface area (TPSA) is 52.6 Å². The summed E-state index contributed by atoms with van der Waals surface area (Å²) >= 11 is 1.23. The van der Waals surface area contributed by atoms with Gasteiger partial charge in [0.2, 0.25) is 5.78 Å². The molecule has 0 aromatic heterocycles. The Labute approximate surface area is 179 Å². The molecule has 0 bridgehead atoms. The van der Waals surface area contributed by atoms with Crippen molar-refractivity contribution in [3.8, 4) is 0 Å². The highest BCUT2D eigenvalue weighted by atomic mass is 32.2. The van der Waals surface area contributed by atoms with E-state index in [1.54, 1.807) is 0 Å². The van der Waals surface area contributed by atoms with E-state index in [4.69, 9.17) is 8.85 Å². The highest BCUT2D eigenvalue weighted by molar-refractivity contribution is 8.15. The van der Waals surface area contributed by atoms with Crippen molar-refractivity contribution in [2.75, 3.05) is 13.2 Å². The fourth-order valence-corrected chi connectivity index (χ4v) is 6.92. The Bertz CT molecular complexity index is 411. The van der Waals surface area contributed by atoms with Crippen LogP contribution in [0.1, 0.15) is 98.3 Å². The summed E-state index contributed by atoms with van der Waals surface area (Å²) in [4.78, 5) is 24.5. The zero-order chi connectivity index (χ0) is 21.3. The van der Waals surface area contributed by atoms with Crippen molar-refractivity contribution < 1.29 is 18.4 Å². The lowest BCUT2D eigenvalue weighted by Crippen LogP contribution is -2.39. The van der Waals surface area contributed by atoms with Crippen LogP contribution < -0.4 is 0 Å². The van der Waals surface area contributed by atoms with Gasteiger partial charge in [0.25, 0.3) is 5.12 Å². The number of thioether (sulfide) groups is 1. The Morgan fingerprint density at radius 2 is 1.39 bits per heavy atom. The van der Waals surface area contributed by atoms with Gasteiger partial charge in [-0.2, -0.15) is 0 Å². The molecule has 4 nitrogen and oxygen atoms in total. The number of ketones is 1. The summed E-state index contributed by atoms with van der Waals surface area (Å²) in [6.45, 7) is 11.7. The zero-order valence-electron chi connectivity index (χ0n) is 19.0. The maximum absolute atomic E-state index is 12.3. The number of carbonyl (C=O) groups excluding carboxylic acids is 2. The second kappa shape index (κ2) is 17.7. The predicted octanol–water partition coefficient (Wildman–Crippen LogP) is 6.66. The Kier molecular flexibility index (Phi) is 17.6. The lowest BCUT2D eigenvalue weighted by Gasteiger charge is -2.27. The highest BCUT2D eigenvalue weighted by Gasteiger charge is 2.32. The maximum atomic E-state index is 12.3. The van der Waals surface area contributed by atoms with E-state index in [-0.39, 0.29) is 16.1 Å². The molecule has 0 aromatic carbocycles. The molecule has 0 spiro atoms. The summed E-state index contributed by atoms with van der Waals surface area (Å²) in [6.07, 6.45) is 11.7. The van der Waals surface area contributed by atoms with Crippen LogP contribution in [0.15, 0.2) is 0 Å². The molecule has 28 heavy (non-hydrogen) atoms. The molecular weight excluding hydrogens is 388 g/mol. The maximum Gasteiger partial charge on any atom is 0.334 e. The normalized spacial score (nSPS) is 12.9. The summed E-state index contributed by atoms with van der Waals surface area (Å²) in [5.74, 6) is -0.205. The van der Waals surface area contributed by atoms with Gasteiger partial charge in [-0.05, 0) is 45.7 Å². The zero-order valence-corrected chi connectivity index (χ0v) is 20.8. The molecular formula is C22H44O4SSi. The van der Waals surface area contributed by atoms with Crippen molar-refractivity contribution in [3.63, 3.8) is 0 Å². The first-order valence-corrected chi connectivity index (χ1v) is 14.8. The SMILES string of the molecule is CCCCCCCCCCC(=O)C(=O)SC(CC)CC[Si](C)(OCC)OCC. The summed E-state index contributed by atoms with van der Waals surface area (Å²) in [5.41, 5.74) is 0. The number of Topliss-reactive ketones (excluding diaryl/α,β-unsaturated/α-hetero) is 1. The first kappa shape index (κ1) is 27.8. The van der Waals surface area contributed by atoms with Gasteiger partial charge < -0.3 is 8.85 Å². The second-order valence-electron chi connectivity index (χ2n) is 7.62. The summed E-state index contributed by atoms with van der Waals surface area (Å²) in [7, 11) is -2.16. The van der Waals surface area contributed by atoms with Crippen LogP contribution >= 0.6 is 11.8 Å². The molecule has 0 fully saturated rings. The fraction of sp³-hybridized carbons (Fsp3) is 0.909. The Morgan fingerprint density at radius 3 is 1.89 bits per heavy atom. The summed E-state index contributed by atoms with van der Waals surface area (Å²) < 4.78 is 11.8. The molecule has 6 heteroatoms. The smallest absolute Gasteiger partial charge is 0.334 e. The molecule has 1 unspecified atom stereocenters. The van der Waals surface area contributed by atoms with Crippen LogP contribution in [0.2, 0.25) is 12.6 Å². The average molecular weight is 433 g/mol. The van der Waals surface area contributed by atoms with Crippen molar-refractivity contribution in [1.82, 2.24) is 0 Å². The molecule has 0 saturated carbocycles. The van der Waals surface area contributed by atoms with E-state index < -0.39 is 8.56 Å². The van der Waals surface area contributed by atoms with Crippen LogP contribution in [0.5, 0.6) is 0 Å². The first-order chi connectivity index (χ1) is 13.4. The molecule has 0 rings (SSSR count). The van der Waals surface area contributed by atoms with E-state index in [0.29, 0.717) is 19.6 Å². The van der Waals surface area contributed by atoms with Gasteiger partial charge in [-0.25, -0.2) is 0 Å². The summed E-state index contributed by atoms with van der Waals surface area (Å²) in [5, 5.41) is -0.0891. The van der Waals surface area contributed by atoms with E-state index in [2.05, 4.69) is 20.4 Å². The van der Waals surface area contributed by atoms with Crippen molar-refractivity contribution in [1.29, 1.82) is 0 Å². The third kappa shape index (κ3) is 13.9. The minimum Gasteiger partial charge on any atom is -0.395 e. The van der Waals surface area contributed by atoms with Crippen LogP contribution in [0, 0.1) is 0 Å². The molecule has 0 aliphatic heterocycles. The molecule has 0 aliphatic rings. The Balaban J connectivity index is 4.11. The summed E-state index contributed by atoms with van der Waals surface area (Å²) in [6, 6.07) is 0.861. The van der Waals surface area contributed by atoms with Crippen molar-refractivity contribution in [3.05, 3.63) is 0 Å². The average Bonchev–Trinajstić information content (AvgIpc) is 2.67. The molecule has 0 saturated heterocycles. The van der Waals surface area contributed by atoms with Gasteiger partial charge in [-0.1, -0.05) is 70.6 Å². The predicted molar refractivity (Wildman–Crippen MR) is 123 cm³/mol. The van der Waals surface area contributed by atoms with Crippen LogP contribution in [-0.4, -0.2) is 37.9 Å². The fourth-order valence-electron chi connectivity index (χ4n) is 3.30. The Hall–Kier alpha value is -0.173. The minimum absolute atomic E-state index is 0.169. The minimum atomic E-state index is -2.16. The van der Waals surface area contributed by atoms with Crippen LogP contribution in [0.25, 0.3) is 0 Å². The first-order valence-electron chi connectivity index (χ1n) is 11.4. The number of hydrogen-bond acceptors (Lipinski definition) is 5. The van der Waals surface area contributed by atoms with E-state index in [0.717, 1.165) is 31.7 Å². The molecule has 0 N–H and O–H groups in total. The second-order valence-corrected chi connectivity index (χ2v) is 12.2. The molecule has 0 aromatic rings. The van der Waals surface area contributed by atoms with Crippen molar-refractivity contribution in [2.24, 2.45) is 0 Å². The highest BCUT2D eigenvalue weighted by Crippen LogP contribution is 2.26. The number of rotatable bonds is 19. The number of carbonyl (C=O) groups is 2. The van der Waals surface area contributed by atoms with Crippen LogP contribution in [-0.2, 0) is 18.4 Å². The van der Waals surface area contributed by atoms with Crippen molar-refractivity contribution >= 4 is 31.2 Å². The quantitative estimate of drug-likeness (QED) is 0.130. The third-order valence-electron chi connectivity index (χ3n) is 5.03. The number of hydrogen-bond donors (Lipinski definition) is 0. The van der Waals surface area contributed by atoms with E-state index in [9.17, 15) is 9.59 Å². The number of unbranched alkanes of at least 4 members (excludes halogenated alkanes) is 7. The van der Waals surface area contributed by atoms with Gasteiger partial charge in [0, 0.05) is 24.9 Å². The van der Waals surface area contributed by atoms with E-state index in [1.807, 2.05) is 13.8 Å². The lowest BCUT2D eigenvalue weighted by atomic mass is 10.1. The standard InChI is InChI=1S/C22H44O4SSi/c1-6-10-11-12-13-14-15-16-17-21(23)22(24)27-20(7-2)18-19-28(5,25-8-3)26-9-4/h20H,6-19H2,1-5H3. The molecule has 166 valence electrons. The van der Waals surface area contributed by atoms with Crippen LogP contribution in [0.3, 0.4) is 0 Å². The molecule has 0 heterocycles. The van der Waals surface area contributed by atoms with Crippen molar-refractivity contribution in [2.45, 2.75) is 116 Å². The largest absolute Gasteiger partial charge is 0.395 e. The van der Waals surface area contributed by atoms with Gasteiger partial charge in [0.1, 0.15) is 0 Å². The molecule has 0 amide bonds. The molecule has 0 radical (unpaired) electrons. The lowest BCUT2D eigenvalue weighted by molar-refractivity contribution is -0.131. The van der Waals surface area contributed by atoms with Gasteiger partial charge in [0.05, 0.1) is 0 Å². The Morgan fingerprint density at radius 1 is 0.857 bits per heavy atom. The van der Waals surface area contributed by atoms with Gasteiger partial charge in [-0.3, -0.25) is 9.59 Å². The molecule has 0 aliphatic carbocycles.